The van der Waals surface area contributed by atoms with E-state index < -0.39 is 0 Å². The van der Waals surface area contributed by atoms with Gasteiger partial charge in [0.2, 0.25) is 0 Å². The van der Waals surface area contributed by atoms with E-state index in [9.17, 15) is 0 Å². The van der Waals surface area contributed by atoms with Gasteiger partial charge in [-0.25, -0.2) is 14.6 Å². The summed E-state index contributed by atoms with van der Waals surface area (Å²) in [5.41, 5.74) is 0. The van der Waals surface area contributed by atoms with Crippen LogP contribution in [-0.4, -0.2) is 25.8 Å². The maximum Gasteiger partial charge on any atom is 0.139 e. The average molecular weight is 300 g/mol. The minimum atomic E-state index is 0.295. The van der Waals surface area contributed by atoms with Gasteiger partial charge in [0.15, 0.2) is 0 Å². The molecule has 0 fully saturated rings. The first-order chi connectivity index (χ1) is 10.3. The van der Waals surface area contributed by atoms with E-state index in [1.165, 1.54) is 0 Å². The molecule has 1 unspecified atom stereocenters. The van der Waals surface area contributed by atoms with Gasteiger partial charge in [-0.15, -0.1) is 0 Å². The van der Waals surface area contributed by atoms with Crippen LogP contribution < -0.4 is 5.32 Å². The van der Waals surface area contributed by atoms with Crippen molar-refractivity contribution in [3.8, 4) is 0 Å². The lowest BCUT2D eigenvalue weighted by Gasteiger charge is -2.24. The molecule has 0 bridgehead atoms. The molecule has 5 nitrogen and oxygen atoms in total. The first kappa shape index (κ1) is 12.6. The quantitative estimate of drug-likeness (QED) is 0.739. The molecule has 6 heteroatoms. The highest BCUT2D eigenvalue weighted by molar-refractivity contribution is 6.34. The molecule has 3 aromatic rings. The van der Waals surface area contributed by atoms with Crippen LogP contribution in [0.2, 0.25) is 5.15 Å². The molecular weight excluding hydrogens is 286 g/mol. The van der Waals surface area contributed by atoms with Crippen molar-refractivity contribution in [2.75, 3.05) is 5.32 Å². The number of hydrogen-bond donors (Lipinski definition) is 1. The van der Waals surface area contributed by atoms with Crippen LogP contribution in [0.1, 0.15) is 12.2 Å². The summed E-state index contributed by atoms with van der Waals surface area (Å²) in [6.07, 6.45) is 3.56. The molecule has 0 spiro atoms. The van der Waals surface area contributed by atoms with Gasteiger partial charge in [-0.1, -0.05) is 35.9 Å². The lowest BCUT2D eigenvalue weighted by molar-refractivity contribution is 0.441. The fourth-order valence-corrected chi connectivity index (χ4v) is 3.06. The monoisotopic (exact) mass is 299 g/mol. The lowest BCUT2D eigenvalue weighted by Crippen LogP contribution is -2.32. The van der Waals surface area contributed by atoms with Gasteiger partial charge in [0, 0.05) is 17.8 Å². The Kier molecular flexibility index (Phi) is 3.00. The van der Waals surface area contributed by atoms with Crippen LogP contribution in [-0.2, 0) is 13.0 Å². The van der Waals surface area contributed by atoms with E-state index in [0.29, 0.717) is 11.2 Å². The number of aryl methyl sites for hydroxylation is 1. The van der Waals surface area contributed by atoms with E-state index in [0.717, 1.165) is 41.8 Å². The van der Waals surface area contributed by atoms with Gasteiger partial charge >= 0.3 is 0 Å². The fraction of sp³-hybridized carbons (Fsp3) is 0.267. The summed E-state index contributed by atoms with van der Waals surface area (Å²) >= 11 is 6.26. The van der Waals surface area contributed by atoms with Crippen LogP contribution in [0.4, 0.5) is 5.82 Å². The van der Waals surface area contributed by atoms with Crippen molar-refractivity contribution < 1.29 is 0 Å². The summed E-state index contributed by atoms with van der Waals surface area (Å²) in [6.45, 7) is 0.807. The van der Waals surface area contributed by atoms with E-state index >= 15 is 0 Å². The number of hydrogen-bond acceptors (Lipinski definition) is 4. The summed E-state index contributed by atoms with van der Waals surface area (Å²) in [4.78, 5) is 8.69. The zero-order valence-corrected chi connectivity index (χ0v) is 12.1. The number of aromatic nitrogens is 4. The minimum absolute atomic E-state index is 0.295. The first-order valence-corrected chi connectivity index (χ1v) is 7.36. The predicted octanol–water partition coefficient (Wildman–Crippen LogP) is 2.91. The van der Waals surface area contributed by atoms with Crippen LogP contribution in [0.5, 0.6) is 0 Å². The molecule has 1 atom stereocenters. The topological polar surface area (TPSA) is 55.6 Å². The minimum Gasteiger partial charge on any atom is -0.365 e. The second kappa shape index (κ2) is 5.00. The molecule has 3 heterocycles. The fourth-order valence-electron chi connectivity index (χ4n) is 2.79. The van der Waals surface area contributed by atoms with Crippen molar-refractivity contribution in [2.24, 2.45) is 0 Å². The van der Waals surface area contributed by atoms with Gasteiger partial charge < -0.3 is 5.32 Å². The maximum atomic E-state index is 6.26. The summed E-state index contributed by atoms with van der Waals surface area (Å²) < 4.78 is 1.95. The highest BCUT2D eigenvalue weighted by Gasteiger charge is 2.20. The SMILES string of the molecule is Clc1nc(NC2CCc3ncnn3C2)cc2ccccc12. The second-order valence-electron chi connectivity index (χ2n) is 5.26. The number of pyridine rings is 1. The van der Waals surface area contributed by atoms with E-state index in [-0.39, 0.29) is 0 Å². The normalized spacial score (nSPS) is 17.7. The highest BCUT2D eigenvalue weighted by atomic mass is 35.5. The number of halogens is 1. The number of rotatable bonds is 2. The number of fused-ring (bicyclic) bond motifs is 2. The van der Waals surface area contributed by atoms with Gasteiger partial charge in [0.1, 0.15) is 23.1 Å². The van der Waals surface area contributed by atoms with Crippen LogP contribution in [0.25, 0.3) is 10.8 Å². The average Bonchev–Trinajstić information content (AvgIpc) is 2.95. The molecule has 1 aliphatic rings. The Balaban J connectivity index is 1.60. The first-order valence-electron chi connectivity index (χ1n) is 6.98. The molecular formula is C15H14ClN5. The molecule has 1 aliphatic heterocycles. The van der Waals surface area contributed by atoms with Gasteiger partial charge in [0.05, 0.1) is 6.54 Å². The number of anilines is 1. The van der Waals surface area contributed by atoms with E-state index in [1.54, 1.807) is 6.33 Å². The Morgan fingerprint density at radius 3 is 3.14 bits per heavy atom. The molecule has 0 aliphatic carbocycles. The molecule has 0 radical (unpaired) electrons. The molecule has 106 valence electrons. The zero-order valence-electron chi connectivity index (χ0n) is 11.3. The summed E-state index contributed by atoms with van der Waals surface area (Å²) in [5, 5.41) is 10.3. The van der Waals surface area contributed by atoms with Gasteiger partial charge in [-0.3, -0.25) is 0 Å². The Hall–Kier alpha value is -2.14. The molecule has 0 saturated heterocycles. The predicted molar refractivity (Wildman–Crippen MR) is 82.5 cm³/mol. The molecule has 2 aromatic heterocycles. The number of benzene rings is 1. The maximum absolute atomic E-state index is 6.26. The summed E-state index contributed by atoms with van der Waals surface area (Å²) in [6, 6.07) is 10.3. The van der Waals surface area contributed by atoms with Crippen molar-refractivity contribution in [3.63, 3.8) is 0 Å². The molecule has 0 amide bonds. The smallest absolute Gasteiger partial charge is 0.139 e. The van der Waals surface area contributed by atoms with Crippen LogP contribution in [0.3, 0.4) is 0 Å². The van der Waals surface area contributed by atoms with Gasteiger partial charge in [-0.2, -0.15) is 5.10 Å². The van der Waals surface area contributed by atoms with Crippen LogP contribution >= 0.6 is 11.6 Å². The number of nitrogens with one attached hydrogen (secondary N) is 1. The third-order valence-corrected chi connectivity index (χ3v) is 4.14. The zero-order chi connectivity index (χ0) is 14.2. The molecule has 1 N–H and O–H groups in total. The van der Waals surface area contributed by atoms with Crippen LogP contribution in [0, 0.1) is 0 Å². The van der Waals surface area contributed by atoms with Crippen molar-refractivity contribution in [3.05, 3.63) is 47.6 Å². The molecule has 21 heavy (non-hydrogen) atoms. The highest BCUT2D eigenvalue weighted by Crippen LogP contribution is 2.25. The van der Waals surface area contributed by atoms with Crippen molar-refractivity contribution >= 4 is 28.2 Å². The van der Waals surface area contributed by atoms with E-state index in [1.807, 2.05) is 35.0 Å². The lowest BCUT2D eigenvalue weighted by atomic mass is 10.1. The van der Waals surface area contributed by atoms with E-state index in [2.05, 4.69) is 20.4 Å². The second-order valence-corrected chi connectivity index (χ2v) is 5.62. The van der Waals surface area contributed by atoms with E-state index in [4.69, 9.17) is 11.6 Å². The molecule has 1 aromatic carbocycles. The number of nitrogens with zero attached hydrogens (tertiary/aromatic N) is 4. The largest absolute Gasteiger partial charge is 0.365 e. The van der Waals surface area contributed by atoms with Crippen molar-refractivity contribution in [1.29, 1.82) is 0 Å². The van der Waals surface area contributed by atoms with Gasteiger partial charge in [0.25, 0.3) is 0 Å². The van der Waals surface area contributed by atoms with Gasteiger partial charge in [-0.05, 0) is 17.9 Å². The Labute approximate surface area is 127 Å². The Bertz CT molecular complexity index is 798. The third kappa shape index (κ3) is 2.34. The van der Waals surface area contributed by atoms with Crippen molar-refractivity contribution in [1.82, 2.24) is 19.7 Å². The van der Waals surface area contributed by atoms with Crippen LogP contribution in [0.15, 0.2) is 36.7 Å². The third-order valence-electron chi connectivity index (χ3n) is 3.85. The Morgan fingerprint density at radius 2 is 2.19 bits per heavy atom. The summed E-state index contributed by atoms with van der Waals surface area (Å²) in [7, 11) is 0. The summed E-state index contributed by atoms with van der Waals surface area (Å²) in [5.74, 6) is 1.87. The standard InChI is InChI=1S/C15H14ClN5/c16-15-12-4-2-1-3-10(12)7-13(20-15)19-11-5-6-14-17-9-18-21(14)8-11/h1-4,7,9,11H,5-6,8H2,(H,19,20). The van der Waals surface area contributed by atoms with Crippen molar-refractivity contribution in [2.45, 2.75) is 25.4 Å². The molecule has 4 rings (SSSR count). The molecule has 0 saturated carbocycles. The Morgan fingerprint density at radius 1 is 1.29 bits per heavy atom.